The van der Waals surface area contributed by atoms with Crippen LogP contribution < -0.4 is 9.62 Å². The van der Waals surface area contributed by atoms with Crippen LogP contribution in [0.4, 0.5) is 5.69 Å². The first-order chi connectivity index (χ1) is 19.3. The summed E-state index contributed by atoms with van der Waals surface area (Å²) in [4.78, 5) is 28.8. The number of hydrogen-bond acceptors (Lipinski definition) is 4. The van der Waals surface area contributed by atoms with Crippen LogP contribution in [-0.4, -0.2) is 44.3 Å². The van der Waals surface area contributed by atoms with Gasteiger partial charge < -0.3 is 10.2 Å². The molecular weight excluding hydrogens is 605 g/mol. The zero-order valence-electron chi connectivity index (χ0n) is 23.4. The minimum Gasteiger partial charge on any atom is -0.354 e. The molecule has 11 heteroatoms. The summed E-state index contributed by atoms with van der Waals surface area (Å²) in [6.07, 6.45) is 0.299. The number of sulfonamides is 1. The van der Waals surface area contributed by atoms with Crippen LogP contribution in [0, 0.1) is 12.8 Å². The zero-order chi connectivity index (χ0) is 30.3. The average Bonchev–Trinajstić information content (AvgIpc) is 2.90. The highest BCUT2D eigenvalue weighted by Gasteiger charge is 2.34. The number of carbonyl (C=O) groups excluding carboxylic acids is 2. The van der Waals surface area contributed by atoms with E-state index in [-0.39, 0.29) is 39.0 Å². The summed E-state index contributed by atoms with van der Waals surface area (Å²) >= 11 is 18.9. The normalized spacial score (nSPS) is 12.2. The number of anilines is 1. The Hall–Kier alpha value is -2.78. The van der Waals surface area contributed by atoms with E-state index in [9.17, 15) is 18.0 Å². The fourth-order valence-electron chi connectivity index (χ4n) is 4.20. The summed E-state index contributed by atoms with van der Waals surface area (Å²) in [7, 11) is -4.25. The Bertz CT molecular complexity index is 1460. The molecule has 1 N–H and O–H groups in total. The average molecular weight is 639 g/mol. The molecule has 3 rings (SSSR count). The van der Waals surface area contributed by atoms with E-state index in [2.05, 4.69) is 5.32 Å². The van der Waals surface area contributed by atoms with Gasteiger partial charge in [-0.3, -0.25) is 13.9 Å². The van der Waals surface area contributed by atoms with Gasteiger partial charge in [-0.25, -0.2) is 8.42 Å². The van der Waals surface area contributed by atoms with Crippen molar-refractivity contribution in [1.29, 1.82) is 0 Å². The molecule has 0 saturated heterocycles. The summed E-state index contributed by atoms with van der Waals surface area (Å²) < 4.78 is 28.9. The first-order valence-electron chi connectivity index (χ1n) is 13.2. The number of aryl methyl sites for hydroxylation is 1. The molecule has 2 amide bonds. The van der Waals surface area contributed by atoms with E-state index in [0.29, 0.717) is 23.6 Å². The number of nitrogens with one attached hydrogen (secondary N) is 1. The van der Waals surface area contributed by atoms with Crippen molar-refractivity contribution in [2.24, 2.45) is 5.92 Å². The zero-order valence-corrected chi connectivity index (χ0v) is 26.5. The third kappa shape index (κ3) is 8.61. The van der Waals surface area contributed by atoms with Gasteiger partial charge in [0.15, 0.2) is 0 Å². The number of halogens is 3. The number of carbonyl (C=O) groups is 2. The van der Waals surface area contributed by atoms with Crippen LogP contribution in [0.15, 0.2) is 71.6 Å². The highest BCUT2D eigenvalue weighted by Crippen LogP contribution is 2.30. The van der Waals surface area contributed by atoms with Gasteiger partial charge in [-0.15, -0.1) is 0 Å². The van der Waals surface area contributed by atoms with E-state index in [4.69, 9.17) is 34.8 Å². The van der Waals surface area contributed by atoms with E-state index in [1.54, 1.807) is 43.3 Å². The third-order valence-electron chi connectivity index (χ3n) is 6.39. The van der Waals surface area contributed by atoms with Crippen molar-refractivity contribution in [1.82, 2.24) is 10.2 Å². The van der Waals surface area contributed by atoms with Crippen LogP contribution in [0.1, 0.15) is 38.3 Å². The van der Waals surface area contributed by atoms with E-state index in [0.717, 1.165) is 9.87 Å². The van der Waals surface area contributed by atoms with Gasteiger partial charge in [0, 0.05) is 28.2 Å². The number of benzene rings is 3. The Kier molecular flexibility index (Phi) is 11.5. The molecule has 3 aromatic rings. The maximum absolute atomic E-state index is 14.1. The van der Waals surface area contributed by atoms with E-state index in [1.807, 2.05) is 20.8 Å². The fraction of sp³-hybridized carbons (Fsp3) is 0.333. The molecule has 41 heavy (non-hydrogen) atoms. The Labute approximate surface area is 257 Å². The van der Waals surface area contributed by atoms with Crippen molar-refractivity contribution in [3.8, 4) is 0 Å². The number of nitrogens with zero attached hydrogens (tertiary/aromatic N) is 2. The molecule has 0 heterocycles. The summed E-state index contributed by atoms with van der Waals surface area (Å²) in [6.45, 7) is 7.40. The highest BCUT2D eigenvalue weighted by atomic mass is 35.5. The SMILES string of the molecule is CC[C@@H](C(=O)NCC(C)C)N(Cc1ccccc1Cl)C(=O)CN(c1cc(Cl)cc(Cl)c1)S(=O)(=O)c1ccc(C)cc1. The molecule has 220 valence electrons. The van der Waals surface area contributed by atoms with Crippen LogP contribution in [0.25, 0.3) is 0 Å². The van der Waals surface area contributed by atoms with E-state index < -0.39 is 28.5 Å². The molecule has 0 spiro atoms. The molecule has 0 bridgehead atoms. The lowest BCUT2D eigenvalue weighted by atomic mass is 10.1. The second-order valence-corrected chi connectivity index (χ2v) is 13.3. The lowest BCUT2D eigenvalue weighted by molar-refractivity contribution is -0.140. The standard InChI is InChI=1S/C30H34Cl3N3O4S/c1-5-28(30(38)34-17-20(2)3)35(18-22-8-6-7-9-27(22)33)29(37)19-36(25-15-23(31)14-24(32)16-25)41(39,40)26-12-10-21(4)11-13-26/h6-16,20,28H,5,17-19H2,1-4H3,(H,34,38)/t28-/m0/s1. The van der Waals surface area contributed by atoms with Crippen molar-refractivity contribution < 1.29 is 18.0 Å². The minimum atomic E-state index is -4.25. The largest absolute Gasteiger partial charge is 0.354 e. The molecule has 0 aliphatic carbocycles. The molecule has 0 radical (unpaired) electrons. The van der Waals surface area contributed by atoms with Gasteiger partial charge >= 0.3 is 0 Å². The smallest absolute Gasteiger partial charge is 0.264 e. The first kappa shape index (κ1) is 32.7. The van der Waals surface area contributed by atoms with Crippen molar-refractivity contribution in [3.63, 3.8) is 0 Å². The van der Waals surface area contributed by atoms with Gasteiger partial charge in [-0.2, -0.15) is 0 Å². The monoisotopic (exact) mass is 637 g/mol. The van der Waals surface area contributed by atoms with Crippen LogP contribution >= 0.6 is 34.8 Å². The molecule has 0 saturated carbocycles. The third-order valence-corrected chi connectivity index (χ3v) is 8.99. The molecule has 1 atom stereocenters. The molecule has 7 nitrogen and oxygen atoms in total. The van der Waals surface area contributed by atoms with Gasteiger partial charge in [0.2, 0.25) is 11.8 Å². The Balaban J connectivity index is 2.09. The second-order valence-electron chi connectivity index (χ2n) is 10.1. The predicted octanol–water partition coefficient (Wildman–Crippen LogP) is 6.73. The molecule has 0 aliphatic rings. The predicted molar refractivity (Wildman–Crippen MR) is 166 cm³/mol. The summed E-state index contributed by atoms with van der Waals surface area (Å²) in [5.41, 5.74) is 1.62. The highest BCUT2D eigenvalue weighted by molar-refractivity contribution is 7.92. The number of rotatable bonds is 12. The molecule has 0 fully saturated rings. The van der Waals surface area contributed by atoms with Crippen molar-refractivity contribution in [2.75, 3.05) is 17.4 Å². The summed E-state index contributed by atoms with van der Waals surface area (Å²) in [5, 5.41) is 3.73. The molecule has 0 aromatic heterocycles. The summed E-state index contributed by atoms with van der Waals surface area (Å²) in [5.74, 6) is -0.726. The topological polar surface area (TPSA) is 86.8 Å². The van der Waals surface area contributed by atoms with Gasteiger partial charge in [0.1, 0.15) is 12.6 Å². The second kappa shape index (κ2) is 14.4. The van der Waals surface area contributed by atoms with Gasteiger partial charge in [-0.1, -0.05) is 91.5 Å². The van der Waals surface area contributed by atoms with Crippen LogP contribution in [0.2, 0.25) is 15.1 Å². The number of amides is 2. The fourth-order valence-corrected chi connectivity index (χ4v) is 6.31. The Morgan fingerprint density at radius 3 is 2.10 bits per heavy atom. The molecule has 0 aliphatic heterocycles. The maximum atomic E-state index is 14.1. The molecular formula is C30H34Cl3N3O4S. The van der Waals surface area contributed by atoms with E-state index >= 15 is 0 Å². The molecule has 0 unspecified atom stereocenters. The van der Waals surface area contributed by atoms with Crippen molar-refractivity contribution in [2.45, 2.75) is 51.6 Å². The lowest BCUT2D eigenvalue weighted by Crippen LogP contribution is -2.52. The van der Waals surface area contributed by atoms with Gasteiger partial charge in [0.05, 0.1) is 10.6 Å². The lowest BCUT2D eigenvalue weighted by Gasteiger charge is -2.33. The Morgan fingerprint density at radius 2 is 1.54 bits per heavy atom. The first-order valence-corrected chi connectivity index (χ1v) is 15.8. The summed E-state index contributed by atoms with van der Waals surface area (Å²) in [6, 6.07) is 16.8. The van der Waals surface area contributed by atoms with E-state index in [1.165, 1.54) is 35.2 Å². The van der Waals surface area contributed by atoms with Gasteiger partial charge in [0.25, 0.3) is 10.0 Å². The quantitative estimate of drug-likeness (QED) is 0.238. The maximum Gasteiger partial charge on any atom is 0.264 e. The van der Waals surface area contributed by atoms with Crippen LogP contribution in [-0.2, 0) is 26.2 Å². The van der Waals surface area contributed by atoms with Crippen LogP contribution in [0.5, 0.6) is 0 Å². The van der Waals surface area contributed by atoms with Crippen molar-refractivity contribution >= 4 is 62.3 Å². The number of hydrogen-bond donors (Lipinski definition) is 1. The minimum absolute atomic E-state index is 0.000827. The Morgan fingerprint density at radius 1 is 0.927 bits per heavy atom. The van der Waals surface area contributed by atoms with Gasteiger partial charge in [-0.05, 0) is 61.2 Å². The van der Waals surface area contributed by atoms with Crippen molar-refractivity contribution in [3.05, 3.63) is 92.9 Å². The van der Waals surface area contributed by atoms with Crippen LogP contribution in [0.3, 0.4) is 0 Å². The molecule has 3 aromatic carbocycles.